The number of anilines is 1. The van der Waals surface area contributed by atoms with Gasteiger partial charge in [-0.25, -0.2) is 19.3 Å². The van der Waals surface area contributed by atoms with E-state index >= 15 is 0 Å². The van der Waals surface area contributed by atoms with Crippen molar-refractivity contribution in [2.45, 2.75) is 6.92 Å². The second kappa shape index (κ2) is 8.78. The summed E-state index contributed by atoms with van der Waals surface area (Å²) in [6.07, 6.45) is 3.57. The van der Waals surface area contributed by atoms with Crippen LogP contribution >= 0.6 is 11.3 Å². The second-order valence-electron chi connectivity index (χ2n) is 7.46. The number of aromatic nitrogens is 4. The maximum absolute atomic E-state index is 13.4. The first-order chi connectivity index (χ1) is 16.0. The van der Waals surface area contributed by atoms with Gasteiger partial charge in [0, 0.05) is 56.1 Å². The average Bonchev–Trinajstić information content (AvgIpc) is 3.47. The lowest BCUT2D eigenvalue weighted by Crippen LogP contribution is -2.35. The maximum atomic E-state index is 13.4. The number of imidazole rings is 1. The predicted octanol–water partition coefficient (Wildman–Crippen LogP) is 2.95. The van der Waals surface area contributed by atoms with E-state index in [0.29, 0.717) is 50.1 Å². The Kier molecular flexibility index (Phi) is 5.83. The first-order valence-corrected chi connectivity index (χ1v) is 12.8. The highest BCUT2D eigenvalue weighted by Gasteiger charge is 2.34. The summed E-state index contributed by atoms with van der Waals surface area (Å²) in [5.74, 6) is 0.0867. The number of rotatable bonds is 7. The Morgan fingerprint density at radius 3 is 2.67 bits per heavy atom. The van der Waals surface area contributed by atoms with E-state index in [1.54, 1.807) is 24.4 Å². The molecule has 0 atom stereocenters. The van der Waals surface area contributed by atoms with Gasteiger partial charge >= 0.3 is 0 Å². The smallest absolute Gasteiger partial charge is 0.282 e. The topological polar surface area (TPSA) is 95.7 Å². The molecule has 12 heteroatoms. The van der Waals surface area contributed by atoms with Gasteiger partial charge in [-0.05, 0) is 30.3 Å². The molecule has 33 heavy (non-hydrogen) atoms. The third kappa shape index (κ3) is 4.10. The van der Waals surface area contributed by atoms with E-state index in [0.717, 1.165) is 16.2 Å². The number of thiazole rings is 1. The zero-order chi connectivity index (χ0) is 23.0. The Bertz CT molecular complexity index is 1390. The van der Waals surface area contributed by atoms with Gasteiger partial charge in [0.25, 0.3) is 10.2 Å². The van der Waals surface area contributed by atoms with Crippen molar-refractivity contribution in [2.75, 3.05) is 38.0 Å². The zero-order valence-electron chi connectivity index (χ0n) is 17.8. The van der Waals surface area contributed by atoms with Crippen LogP contribution in [0.1, 0.15) is 6.92 Å². The van der Waals surface area contributed by atoms with Crippen molar-refractivity contribution in [3.8, 4) is 22.6 Å². The summed E-state index contributed by atoms with van der Waals surface area (Å²) < 4.78 is 43.2. The minimum atomic E-state index is -3.38. The van der Waals surface area contributed by atoms with Crippen molar-refractivity contribution in [1.82, 2.24) is 28.0 Å². The van der Waals surface area contributed by atoms with Crippen LogP contribution in [-0.2, 0) is 10.2 Å². The quantitative estimate of drug-likeness (QED) is 0.431. The van der Waals surface area contributed by atoms with Crippen LogP contribution in [0.25, 0.3) is 27.6 Å². The van der Waals surface area contributed by atoms with Gasteiger partial charge in [0.2, 0.25) is 5.95 Å². The lowest BCUT2D eigenvalue weighted by Gasteiger charge is -2.17. The summed E-state index contributed by atoms with van der Waals surface area (Å²) in [6.45, 7) is 4.00. The first-order valence-electron chi connectivity index (χ1n) is 10.5. The summed E-state index contributed by atoms with van der Waals surface area (Å²) in [6, 6.07) is 8.00. The Hall–Kier alpha value is -2.93. The minimum Gasteiger partial charge on any atom is -0.353 e. The highest BCUT2D eigenvalue weighted by Crippen LogP contribution is 2.33. The number of fused-ring (bicyclic) bond motifs is 1. The molecule has 1 saturated heterocycles. The van der Waals surface area contributed by atoms with Gasteiger partial charge in [0.1, 0.15) is 11.5 Å². The molecule has 9 nitrogen and oxygen atoms in total. The van der Waals surface area contributed by atoms with Crippen molar-refractivity contribution in [3.63, 3.8) is 0 Å². The van der Waals surface area contributed by atoms with Crippen molar-refractivity contribution < 1.29 is 12.8 Å². The molecule has 1 aliphatic rings. The molecule has 1 N–H and O–H groups in total. The molecule has 1 aliphatic heterocycles. The Morgan fingerprint density at radius 2 is 1.91 bits per heavy atom. The van der Waals surface area contributed by atoms with Crippen LogP contribution in [0.15, 0.2) is 48.1 Å². The monoisotopic (exact) mass is 487 g/mol. The van der Waals surface area contributed by atoms with Gasteiger partial charge in [-0.15, -0.1) is 11.3 Å². The largest absolute Gasteiger partial charge is 0.353 e. The first kappa shape index (κ1) is 21.9. The molecule has 0 saturated carbocycles. The van der Waals surface area contributed by atoms with Crippen LogP contribution in [0.4, 0.5) is 10.3 Å². The third-order valence-electron chi connectivity index (χ3n) is 5.53. The van der Waals surface area contributed by atoms with Crippen LogP contribution in [-0.4, -0.2) is 69.1 Å². The molecule has 5 rings (SSSR count). The van der Waals surface area contributed by atoms with E-state index in [1.165, 1.54) is 32.1 Å². The summed E-state index contributed by atoms with van der Waals surface area (Å²) in [5.41, 5.74) is 2.93. The van der Waals surface area contributed by atoms with Gasteiger partial charge in [-0.1, -0.05) is 6.92 Å². The molecule has 0 radical (unpaired) electrons. The molecule has 3 aromatic heterocycles. The Morgan fingerprint density at radius 1 is 1.12 bits per heavy atom. The number of benzene rings is 1. The lowest BCUT2D eigenvalue weighted by molar-refractivity contribution is 0.454. The second-order valence-corrected chi connectivity index (χ2v) is 10.3. The van der Waals surface area contributed by atoms with E-state index < -0.39 is 10.2 Å². The van der Waals surface area contributed by atoms with Gasteiger partial charge in [0.05, 0.1) is 11.4 Å². The molecule has 1 fully saturated rings. The minimum absolute atomic E-state index is 0.308. The van der Waals surface area contributed by atoms with E-state index in [1.807, 2.05) is 22.9 Å². The van der Waals surface area contributed by atoms with Crippen LogP contribution in [0.3, 0.4) is 0 Å². The fourth-order valence-electron chi connectivity index (χ4n) is 3.87. The number of halogens is 1. The maximum Gasteiger partial charge on any atom is 0.282 e. The molecule has 4 aromatic rings. The van der Waals surface area contributed by atoms with E-state index in [9.17, 15) is 12.8 Å². The highest BCUT2D eigenvalue weighted by molar-refractivity contribution is 7.87. The number of nitrogens with one attached hydrogen (secondary N) is 1. The van der Waals surface area contributed by atoms with Crippen LogP contribution in [0, 0.1) is 5.82 Å². The third-order valence-corrected chi connectivity index (χ3v) is 8.39. The fourth-order valence-corrected chi connectivity index (χ4v) is 6.19. The highest BCUT2D eigenvalue weighted by atomic mass is 32.2. The van der Waals surface area contributed by atoms with Gasteiger partial charge in [-0.2, -0.15) is 17.0 Å². The molecule has 0 aliphatic carbocycles. The van der Waals surface area contributed by atoms with Gasteiger partial charge in [-0.3, -0.25) is 4.40 Å². The molecule has 172 valence electrons. The molecular formula is C21H22FN7O2S2. The summed E-state index contributed by atoms with van der Waals surface area (Å²) in [5, 5.41) is 5.07. The van der Waals surface area contributed by atoms with Crippen molar-refractivity contribution in [3.05, 3.63) is 53.9 Å². The number of hydrogen-bond donors (Lipinski definition) is 1. The summed E-state index contributed by atoms with van der Waals surface area (Å²) in [4.78, 5) is 14.5. The molecule has 0 unspecified atom stereocenters. The molecule has 1 aromatic carbocycles. The summed E-state index contributed by atoms with van der Waals surface area (Å²) in [7, 11) is -3.38. The molecule has 4 heterocycles. The number of likely N-dealkylation sites (N-methyl/N-ethyl adjacent to an activating group) is 1. The van der Waals surface area contributed by atoms with Crippen molar-refractivity contribution in [1.29, 1.82) is 0 Å². The van der Waals surface area contributed by atoms with E-state index in [-0.39, 0.29) is 5.82 Å². The Labute approximate surface area is 194 Å². The van der Waals surface area contributed by atoms with Crippen molar-refractivity contribution in [2.24, 2.45) is 0 Å². The molecular weight excluding hydrogens is 465 g/mol. The van der Waals surface area contributed by atoms with Gasteiger partial charge < -0.3 is 5.32 Å². The standard InChI is InChI=1S/C21H22FN7O2S2/c1-2-27-11-12-28(33(27,30)31)10-9-24-20-23-8-7-17(25-20)19-18(15-3-5-16(22)6-4-15)26-21-29(19)13-14-32-21/h3-8,13-14H,2,9-12H2,1H3,(H,23,24,25). The SMILES string of the molecule is CCN1CCN(CCNc2nccc(-c3c(-c4ccc(F)cc4)nc4sccn34)n2)S1(=O)=O. The fraction of sp³-hybridized carbons (Fsp3) is 0.286. The van der Waals surface area contributed by atoms with E-state index in [2.05, 4.69) is 15.3 Å². The lowest BCUT2D eigenvalue weighted by atomic mass is 10.1. The number of hydrogen-bond acceptors (Lipinski definition) is 7. The molecule has 0 spiro atoms. The zero-order valence-corrected chi connectivity index (χ0v) is 19.5. The van der Waals surface area contributed by atoms with Crippen LogP contribution < -0.4 is 5.32 Å². The molecule has 0 bridgehead atoms. The predicted molar refractivity (Wildman–Crippen MR) is 126 cm³/mol. The van der Waals surface area contributed by atoms with Crippen LogP contribution in [0.2, 0.25) is 0 Å². The number of nitrogens with zero attached hydrogens (tertiary/aromatic N) is 6. The van der Waals surface area contributed by atoms with E-state index in [4.69, 9.17) is 4.98 Å². The average molecular weight is 488 g/mol. The normalized spacial score (nSPS) is 16.5. The van der Waals surface area contributed by atoms with Gasteiger partial charge in [0.15, 0.2) is 4.96 Å². The van der Waals surface area contributed by atoms with Crippen molar-refractivity contribution >= 4 is 32.5 Å². The Balaban J connectivity index is 1.39. The van der Waals surface area contributed by atoms with Crippen LogP contribution in [0.5, 0.6) is 0 Å². The summed E-state index contributed by atoms with van der Waals surface area (Å²) >= 11 is 1.50. The molecule has 0 amide bonds.